The first-order chi connectivity index (χ1) is 13.4. The standard InChI is InChI=1S/C22H13F3O2S/c23-22(24,25)17-9-5-4-8-15(17)20(27)21-19(13-6-2-1-3-7-13)16-11-10-14(26)12-18(16)28-21/h1-12,26H. The van der Waals surface area contributed by atoms with Gasteiger partial charge in [-0.25, -0.2) is 0 Å². The molecule has 140 valence electrons. The van der Waals surface area contributed by atoms with E-state index in [0.29, 0.717) is 15.6 Å². The van der Waals surface area contributed by atoms with Crippen molar-refractivity contribution >= 4 is 27.2 Å². The van der Waals surface area contributed by atoms with Crippen LogP contribution in [0.5, 0.6) is 5.75 Å². The van der Waals surface area contributed by atoms with Gasteiger partial charge in [0.25, 0.3) is 0 Å². The Morgan fingerprint density at radius 3 is 2.29 bits per heavy atom. The van der Waals surface area contributed by atoms with Crippen LogP contribution in [0, 0.1) is 0 Å². The fourth-order valence-corrected chi connectivity index (χ4v) is 4.40. The SMILES string of the molecule is O=C(c1ccccc1C(F)(F)F)c1sc2cc(O)ccc2c1-c1ccccc1. The Morgan fingerprint density at radius 1 is 0.893 bits per heavy atom. The van der Waals surface area contributed by atoms with E-state index in [1.807, 2.05) is 6.07 Å². The zero-order valence-electron chi connectivity index (χ0n) is 14.3. The molecule has 1 aromatic heterocycles. The maximum absolute atomic E-state index is 13.4. The summed E-state index contributed by atoms with van der Waals surface area (Å²) in [5.74, 6) is -0.657. The number of phenolic OH excluding ortho intramolecular Hbond substituents is 1. The second-order valence-electron chi connectivity index (χ2n) is 6.23. The van der Waals surface area contributed by atoms with Crippen molar-refractivity contribution < 1.29 is 23.1 Å². The minimum absolute atomic E-state index is 0.0306. The molecule has 6 heteroatoms. The van der Waals surface area contributed by atoms with Crippen LogP contribution in [0.1, 0.15) is 20.8 Å². The van der Waals surface area contributed by atoms with E-state index in [4.69, 9.17) is 0 Å². The lowest BCUT2D eigenvalue weighted by Gasteiger charge is -2.12. The molecule has 1 heterocycles. The van der Waals surface area contributed by atoms with Crippen molar-refractivity contribution in [3.63, 3.8) is 0 Å². The number of alkyl halides is 3. The van der Waals surface area contributed by atoms with Gasteiger partial charge < -0.3 is 5.11 Å². The largest absolute Gasteiger partial charge is 0.508 e. The number of rotatable bonds is 3. The van der Waals surface area contributed by atoms with Crippen molar-refractivity contribution in [3.8, 4) is 16.9 Å². The zero-order chi connectivity index (χ0) is 19.9. The van der Waals surface area contributed by atoms with E-state index in [9.17, 15) is 23.1 Å². The van der Waals surface area contributed by atoms with Crippen molar-refractivity contribution in [2.45, 2.75) is 6.18 Å². The highest BCUT2D eigenvalue weighted by molar-refractivity contribution is 7.21. The molecule has 0 radical (unpaired) electrons. The average Bonchev–Trinajstić information content (AvgIpc) is 3.06. The van der Waals surface area contributed by atoms with E-state index in [0.717, 1.165) is 23.0 Å². The van der Waals surface area contributed by atoms with E-state index >= 15 is 0 Å². The quantitative estimate of drug-likeness (QED) is 0.399. The summed E-state index contributed by atoms with van der Waals surface area (Å²) in [6, 6.07) is 18.5. The minimum Gasteiger partial charge on any atom is -0.508 e. The molecule has 0 amide bonds. The monoisotopic (exact) mass is 398 g/mol. The molecule has 2 nitrogen and oxygen atoms in total. The van der Waals surface area contributed by atoms with E-state index in [1.54, 1.807) is 30.3 Å². The fraction of sp³-hybridized carbons (Fsp3) is 0.0455. The molecule has 0 fully saturated rings. The number of carbonyl (C=O) groups is 1. The highest BCUT2D eigenvalue weighted by Crippen LogP contribution is 2.42. The summed E-state index contributed by atoms with van der Waals surface area (Å²) in [5, 5.41) is 10.5. The lowest BCUT2D eigenvalue weighted by Crippen LogP contribution is -2.13. The van der Waals surface area contributed by atoms with Gasteiger partial charge in [0.15, 0.2) is 0 Å². The number of aromatic hydroxyl groups is 1. The first-order valence-corrected chi connectivity index (χ1v) is 9.20. The molecule has 0 aliphatic heterocycles. The Kier molecular flexibility index (Phi) is 4.43. The number of thiophene rings is 1. The normalized spacial score (nSPS) is 11.7. The highest BCUT2D eigenvalue weighted by Gasteiger charge is 2.36. The van der Waals surface area contributed by atoms with Gasteiger partial charge in [-0.3, -0.25) is 4.79 Å². The van der Waals surface area contributed by atoms with Gasteiger partial charge in [0.05, 0.1) is 10.4 Å². The summed E-state index contributed by atoms with van der Waals surface area (Å²) < 4.78 is 40.9. The summed E-state index contributed by atoms with van der Waals surface area (Å²) in [6.07, 6.45) is -4.63. The molecule has 3 aromatic carbocycles. The summed E-state index contributed by atoms with van der Waals surface area (Å²) in [5.41, 5.74) is -0.0443. The smallest absolute Gasteiger partial charge is 0.417 e. The van der Waals surface area contributed by atoms with E-state index in [2.05, 4.69) is 0 Å². The molecule has 0 atom stereocenters. The van der Waals surface area contributed by atoms with Gasteiger partial charge in [-0.05, 0) is 29.8 Å². The van der Waals surface area contributed by atoms with Gasteiger partial charge >= 0.3 is 6.18 Å². The number of phenols is 1. The number of hydrogen-bond acceptors (Lipinski definition) is 3. The third-order valence-corrected chi connectivity index (χ3v) is 5.57. The molecular weight excluding hydrogens is 385 g/mol. The highest BCUT2D eigenvalue weighted by atomic mass is 32.1. The topological polar surface area (TPSA) is 37.3 Å². The minimum atomic E-state index is -4.63. The van der Waals surface area contributed by atoms with Crippen molar-refractivity contribution in [3.05, 3.63) is 88.8 Å². The van der Waals surface area contributed by atoms with Crippen molar-refractivity contribution in [1.82, 2.24) is 0 Å². The maximum Gasteiger partial charge on any atom is 0.417 e. The first kappa shape index (κ1) is 18.3. The Balaban J connectivity index is 1.99. The summed E-state index contributed by atoms with van der Waals surface area (Å²) in [7, 11) is 0. The van der Waals surface area contributed by atoms with E-state index < -0.39 is 17.5 Å². The van der Waals surface area contributed by atoms with Crippen LogP contribution in [-0.2, 0) is 6.18 Å². The maximum atomic E-state index is 13.4. The molecule has 0 bridgehead atoms. The number of hydrogen-bond donors (Lipinski definition) is 1. The van der Waals surface area contributed by atoms with Crippen LogP contribution in [0.3, 0.4) is 0 Å². The first-order valence-electron chi connectivity index (χ1n) is 8.38. The predicted molar refractivity (Wildman–Crippen MR) is 104 cm³/mol. The molecule has 0 spiro atoms. The molecule has 0 aliphatic rings. The van der Waals surface area contributed by atoms with Crippen molar-refractivity contribution in [2.75, 3.05) is 0 Å². The number of fused-ring (bicyclic) bond motifs is 1. The molecular formula is C22H13F3O2S. The summed E-state index contributed by atoms with van der Waals surface area (Å²) in [6.45, 7) is 0. The fourth-order valence-electron chi connectivity index (χ4n) is 3.19. The van der Waals surface area contributed by atoms with Crippen molar-refractivity contribution in [2.24, 2.45) is 0 Å². The van der Waals surface area contributed by atoms with Crippen LogP contribution >= 0.6 is 11.3 Å². The van der Waals surface area contributed by atoms with Gasteiger partial charge in [-0.2, -0.15) is 13.2 Å². The van der Waals surface area contributed by atoms with Crippen LogP contribution in [0.2, 0.25) is 0 Å². The van der Waals surface area contributed by atoms with Gasteiger partial charge in [-0.15, -0.1) is 11.3 Å². The van der Waals surface area contributed by atoms with Crippen LogP contribution in [0.4, 0.5) is 13.2 Å². The Bertz CT molecular complexity index is 1180. The Labute approximate surface area is 162 Å². The molecule has 0 aliphatic carbocycles. The molecule has 0 saturated carbocycles. The van der Waals surface area contributed by atoms with Gasteiger partial charge in [-0.1, -0.05) is 48.5 Å². The Morgan fingerprint density at radius 2 is 1.57 bits per heavy atom. The van der Waals surface area contributed by atoms with Crippen LogP contribution in [-0.4, -0.2) is 10.9 Å². The third-order valence-electron chi connectivity index (χ3n) is 4.42. The van der Waals surface area contributed by atoms with E-state index in [1.165, 1.54) is 30.3 Å². The average molecular weight is 398 g/mol. The summed E-state index contributed by atoms with van der Waals surface area (Å²) >= 11 is 1.08. The lowest BCUT2D eigenvalue weighted by molar-refractivity contribution is -0.137. The van der Waals surface area contributed by atoms with E-state index in [-0.39, 0.29) is 16.2 Å². The number of benzene rings is 3. The lowest BCUT2D eigenvalue weighted by atomic mass is 9.96. The van der Waals surface area contributed by atoms with Crippen LogP contribution < -0.4 is 0 Å². The second kappa shape index (κ2) is 6.80. The molecule has 1 N–H and O–H groups in total. The third kappa shape index (κ3) is 3.16. The van der Waals surface area contributed by atoms with Gasteiger partial charge in [0, 0.05) is 21.2 Å². The number of halogens is 3. The van der Waals surface area contributed by atoms with Gasteiger partial charge in [0.2, 0.25) is 5.78 Å². The molecule has 0 unspecified atom stereocenters. The second-order valence-corrected chi connectivity index (χ2v) is 7.28. The van der Waals surface area contributed by atoms with Crippen molar-refractivity contribution in [1.29, 1.82) is 0 Å². The van der Waals surface area contributed by atoms with Crippen LogP contribution in [0.15, 0.2) is 72.8 Å². The zero-order valence-corrected chi connectivity index (χ0v) is 15.1. The molecule has 4 rings (SSSR count). The molecule has 4 aromatic rings. The molecule has 28 heavy (non-hydrogen) atoms. The summed E-state index contributed by atoms with van der Waals surface area (Å²) in [4.78, 5) is 13.4. The molecule has 0 saturated heterocycles. The van der Waals surface area contributed by atoms with Crippen LogP contribution in [0.25, 0.3) is 21.2 Å². The number of ketones is 1. The van der Waals surface area contributed by atoms with Gasteiger partial charge in [0.1, 0.15) is 5.75 Å². The predicted octanol–water partition coefficient (Wildman–Crippen LogP) is 6.52. The number of carbonyl (C=O) groups excluding carboxylic acids is 1. The Hall–Kier alpha value is -3.12.